The number of hydrogen-bond acceptors (Lipinski definition) is 4. The zero-order valence-electron chi connectivity index (χ0n) is 14.6. The van der Waals surface area contributed by atoms with Gasteiger partial charge < -0.3 is 10.3 Å². The largest absolute Gasteiger partial charge is 0.399 e. The molecule has 0 unspecified atom stereocenters. The number of aryl methyl sites for hydroxylation is 1. The van der Waals surface area contributed by atoms with E-state index in [2.05, 4.69) is 58.1 Å². The van der Waals surface area contributed by atoms with E-state index in [1.165, 1.54) is 11.1 Å². The fraction of sp³-hybridized carbons (Fsp3) is 0.300. The molecule has 25 heavy (non-hydrogen) atoms. The van der Waals surface area contributed by atoms with E-state index in [1.54, 1.807) is 11.8 Å². The summed E-state index contributed by atoms with van der Waals surface area (Å²) in [7, 11) is 0. The van der Waals surface area contributed by atoms with Crippen molar-refractivity contribution >= 4 is 17.4 Å². The van der Waals surface area contributed by atoms with Crippen LogP contribution in [0.4, 0.5) is 5.69 Å². The van der Waals surface area contributed by atoms with E-state index in [0.29, 0.717) is 0 Å². The highest BCUT2D eigenvalue weighted by molar-refractivity contribution is 7.98. The van der Waals surface area contributed by atoms with Crippen molar-refractivity contribution in [1.82, 2.24) is 14.8 Å². The summed E-state index contributed by atoms with van der Waals surface area (Å²) in [5, 5.41) is 9.87. The third-order valence-electron chi connectivity index (χ3n) is 4.08. The molecule has 130 valence electrons. The van der Waals surface area contributed by atoms with Gasteiger partial charge in [0.15, 0.2) is 5.16 Å². The van der Waals surface area contributed by atoms with Gasteiger partial charge in [0, 0.05) is 17.9 Å². The molecule has 5 heteroatoms. The SMILES string of the molecule is CCCCc1nnc(SCc2ccccc2)n1Cc1ccc(N)cc1. The van der Waals surface area contributed by atoms with Gasteiger partial charge in [-0.25, -0.2) is 0 Å². The fourth-order valence-electron chi connectivity index (χ4n) is 2.63. The predicted molar refractivity (Wildman–Crippen MR) is 105 cm³/mol. The topological polar surface area (TPSA) is 56.7 Å². The zero-order valence-corrected chi connectivity index (χ0v) is 15.4. The highest BCUT2D eigenvalue weighted by Crippen LogP contribution is 2.23. The van der Waals surface area contributed by atoms with Gasteiger partial charge >= 0.3 is 0 Å². The lowest BCUT2D eigenvalue weighted by atomic mass is 10.2. The first-order valence-electron chi connectivity index (χ1n) is 8.69. The van der Waals surface area contributed by atoms with Crippen LogP contribution in [0, 0.1) is 0 Å². The summed E-state index contributed by atoms with van der Waals surface area (Å²) < 4.78 is 2.24. The first kappa shape index (κ1) is 17.5. The normalized spacial score (nSPS) is 10.9. The second kappa shape index (κ2) is 8.72. The molecular weight excluding hydrogens is 328 g/mol. The minimum absolute atomic E-state index is 0.781. The molecule has 1 aromatic heterocycles. The van der Waals surface area contributed by atoms with Gasteiger partial charge in [0.1, 0.15) is 5.82 Å². The molecule has 0 saturated carbocycles. The molecule has 0 bridgehead atoms. The molecule has 3 rings (SSSR count). The Labute approximate surface area is 153 Å². The van der Waals surface area contributed by atoms with Gasteiger partial charge in [-0.2, -0.15) is 0 Å². The molecule has 4 nitrogen and oxygen atoms in total. The minimum atomic E-state index is 0.781. The molecule has 3 aromatic rings. The van der Waals surface area contributed by atoms with Crippen molar-refractivity contribution in [3.05, 3.63) is 71.5 Å². The number of rotatable bonds is 8. The van der Waals surface area contributed by atoms with Gasteiger partial charge in [-0.1, -0.05) is 67.6 Å². The van der Waals surface area contributed by atoms with Crippen molar-refractivity contribution < 1.29 is 0 Å². The van der Waals surface area contributed by atoms with Crippen molar-refractivity contribution in [3.63, 3.8) is 0 Å². The summed E-state index contributed by atoms with van der Waals surface area (Å²) in [6.07, 6.45) is 3.24. The smallest absolute Gasteiger partial charge is 0.191 e. The second-order valence-electron chi connectivity index (χ2n) is 6.10. The van der Waals surface area contributed by atoms with E-state index in [-0.39, 0.29) is 0 Å². The lowest BCUT2D eigenvalue weighted by molar-refractivity contribution is 0.642. The van der Waals surface area contributed by atoms with Crippen molar-refractivity contribution in [2.24, 2.45) is 0 Å². The number of benzene rings is 2. The van der Waals surface area contributed by atoms with Gasteiger partial charge in [-0.15, -0.1) is 10.2 Å². The van der Waals surface area contributed by atoms with Gasteiger partial charge in [-0.05, 0) is 29.7 Å². The summed E-state index contributed by atoms with van der Waals surface area (Å²) in [5.41, 5.74) is 9.10. The van der Waals surface area contributed by atoms with Crippen LogP contribution in [0.2, 0.25) is 0 Å². The highest BCUT2D eigenvalue weighted by Gasteiger charge is 2.13. The second-order valence-corrected chi connectivity index (χ2v) is 7.05. The highest BCUT2D eigenvalue weighted by atomic mass is 32.2. The maximum absolute atomic E-state index is 5.80. The molecule has 0 saturated heterocycles. The summed E-state index contributed by atoms with van der Waals surface area (Å²) in [5.74, 6) is 1.96. The van der Waals surface area contributed by atoms with Gasteiger partial charge in [0.2, 0.25) is 0 Å². The average Bonchev–Trinajstić information content (AvgIpc) is 3.02. The van der Waals surface area contributed by atoms with Crippen LogP contribution in [0.15, 0.2) is 59.8 Å². The van der Waals surface area contributed by atoms with Crippen molar-refractivity contribution in [2.75, 3.05) is 5.73 Å². The molecule has 0 aliphatic heterocycles. The van der Waals surface area contributed by atoms with E-state index in [4.69, 9.17) is 5.73 Å². The fourth-order valence-corrected chi connectivity index (χ4v) is 3.54. The van der Waals surface area contributed by atoms with E-state index in [9.17, 15) is 0 Å². The molecule has 0 amide bonds. The Morgan fingerprint density at radius 3 is 2.44 bits per heavy atom. The molecule has 0 atom stereocenters. The standard InChI is InChI=1S/C20H24N4S/c1-2-3-9-19-22-23-20(25-15-17-7-5-4-6-8-17)24(19)14-16-10-12-18(21)13-11-16/h4-8,10-13H,2-3,9,14-15,21H2,1H3. The number of hydrogen-bond donors (Lipinski definition) is 1. The molecule has 0 spiro atoms. The van der Waals surface area contributed by atoms with E-state index in [0.717, 1.165) is 48.2 Å². The average molecular weight is 353 g/mol. The van der Waals surface area contributed by atoms with Crippen LogP contribution < -0.4 is 5.73 Å². The number of thioether (sulfide) groups is 1. The van der Waals surface area contributed by atoms with E-state index in [1.807, 2.05) is 18.2 Å². The number of aromatic nitrogens is 3. The summed E-state index contributed by atoms with van der Waals surface area (Å²) in [6, 6.07) is 18.5. The summed E-state index contributed by atoms with van der Waals surface area (Å²) >= 11 is 1.74. The van der Waals surface area contributed by atoms with Crippen molar-refractivity contribution in [1.29, 1.82) is 0 Å². The summed E-state index contributed by atoms with van der Waals surface area (Å²) in [4.78, 5) is 0. The number of anilines is 1. The third kappa shape index (κ3) is 4.86. The van der Waals surface area contributed by atoms with Crippen LogP contribution in [-0.4, -0.2) is 14.8 Å². The Hall–Kier alpha value is -2.27. The molecular formula is C20H24N4S. The Kier molecular flexibility index (Phi) is 6.12. The predicted octanol–water partition coefficient (Wildman–Crippen LogP) is 4.54. The first-order chi connectivity index (χ1) is 12.3. The maximum Gasteiger partial charge on any atom is 0.191 e. The lowest BCUT2D eigenvalue weighted by Gasteiger charge is -2.10. The number of nitrogens with zero attached hydrogens (tertiary/aromatic N) is 3. The number of nitrogens with two attached hydrogens (primary N) is 1. The quantitative estimate of drug-likeness (QED) is 0.477. The number of nitrogen functional groups attached to an aromatic ring is 1. The minimum Gasteiger partial charge on any atom is -0.399 e. The van der Waals surface area contributed by atoms with Crippen LogP contribution in [0.25, 0.3) is 0 Å². The van der Waals surface area contributed by atoms with E-state index >= 15 is 0 Å². The maximum atomic E-state index is 5.80. The van der Waals surface area contributed by atoms with Gasteiger partial charge in [-0.3, -0.25) is 0 Å². The van der Waals surface area contributed by atoms with Crippen LogP contribution in [-0.2, 0) is 18.7 Å². The van der Waals surface area contributed by atoms with Crippen LogP contribution in [0.3, 0.4) is 0 Å². The zero-order chi connectivity index (χ0) is 17.5. The van der Waals surface area contributed by atoms with Gasteiger partial charge in [0.25, 0.3) is 0 Å². The first-order valence-corrected chi connectivity index (χ1v) is 9.68. The Morgan fingerprint density at radius 2 is 1.72 bits per heavy atom. The number of unbranched alkanes of at least 4 members (excludes halogenated alkanes) is 1. The Bertz CT molecular complexity index is 781. The Balaban J connectivity index is 1.79. The molecule has 1 heterocycles. The van der Waals surface area contributed by atoms with Crippen LogP contribution >= 0.6 is 11.8 Å². The van der Waals surface area contributed by atoms with Crippen LogP contribution in [0.1, 0.15) is 36.7 Å². The van der Waals surface area contributed by atoms with Crippen LogP contribution in [0.5, 0.6) is 0 Å². The molecule has 0 radical (unpaired) electrons. The molecule has 0 aliphatic rings. The molecule has 2 N–H and O–H groups in total. The molecule has 0 fully saturated rings. The lowest BCUT2D eigenvalue weighted by Crippen LogP contribution is -2.07. The monoisotopic (exact) mass is 352 g/mol. The van der Waals surface area contributed by atoms with Gasteiger partial charge in [0.05, 0.1) is 6.54 Å². The van der Waals surface area contributed by atoms with E-state index < -0.39 is 0 Å². The summed E-state index contributed by atoms with van der Waals surface area (Å²) in [6.45, 7) is 2.98. The Morgan fingerprint density at radius 1 is 0.960 bits per heavy atom. The molecule has 2 aromatic carbocycles. The van der Waals surface area contributed by atoms with Crippen molar-refractivity contribution in [2.45, 2.75) is 43.6 Å². The molecule has 0 aliphatic carbocycles. The van der Waals surface area contributed by atoms with Crippen molar-refractivity contribution in [3.8, 4) is 0 Å². The third-order valence-corrected chi connectivity index (χ3v) is 5.12.